The maximum atomic E-state index is 11.0. The number of benzene rings is 3. The zero-order valence-electron chi connectivity index (χ0n) is 13.7. The summed E-state index contributed by atoms with van der Waals surface area (Å²) in [4.78, 5) is 15.4. The molecule has 0 amide bonds. The van der Waals surface area contributed by atoms with Crippen LogP contribution in [0, 0.1) is 10.1 Å². The summed E-state index contributed by atoms with van der Waals surface area (Å²) in [5, 5.41) is 14.5. The number of rotatable bonds is 2. The first kappa shape index (κ1) is 14.7. The van der Waals surface area contributed by atoms with Gasteiger partial charge >= 0.3 is 0 Å². The molecule has 6 nitrogen and oxygen atoms in total. The SMILES string of the molecule is O=[N+]([O-])c1ccc([C@H]2Nc3ccccc3-c3nc4ccccc4n32)cc1. The number of nitro benzene ring substituents is 1. The van der Waals surface area contributed by atoms with Gasteiger partial charge in [0.15, 0.2) is 0 Å². The van der Waals surface area contributed by atoms with Crippen LogP contribution in [0.15, 0.2) is 72.8 Å². The Morgan fingerprint density at radius 1 is 0.962 bits per heavy atom. The highest BCUT2D eigenvalue weighted by Crippen LogP contribution is 2.40. The summed E-state index contributed by atoms with van der Waals surface area (Å²) in [5.74, 6) is 0.893. The molecule has 4 aromatic rings. The molecule has 2 heterocycles. The molecule has 0 bridgehead atoms. The lowest BCUT2D eigenvalue weighted by Gasteiger charge is -2.30. The van der Waals surface area contributed by atoms with Crippen LogP contribution in [-0.4, -0.2) is 14.5 Å². The zero-order chi connectivity index (χ0) is 17.7. The molecular weight excluding hydrogens is 328 g/mol. The van der Waals surface area contributed by atoms with Gasteiger partial charge in [-0.25, -0.2) is 4.98 Å². The number of aromatic nitrogens is 2. The van der Waals surface area contributed by atoms with Gasteiger partial charge in [0.2, 0.25) is 0 Å². The van der Waals surface area contributed by atoms with Crippen LogP contribution in [-0.2, 0) is 0 Å². The van der Waals surface area contributed by atoms with E-state index in [1.165, 1.54) is 12.1 Å². The highest BCUT2D eigenvalue weighted by Gasteiger charge is 2.28. The van der Waals surface area contributed by atoms with Gasteiger partial charge in [-0.1, -0.05) is 24.3 Å². The Bertz CT molecular complexity index is 1150. The number of non-ortho nitro benzene ring substituents is 1. The van der Waals surface area contributed by atoms with Crippen LogP contribution in [0.2, 0.25) is 0 Å². The molecule has 1 atom stereocenters. The van der Waals surface area contributed by atoms with Crippen LogP contribution in [0.1, 0.15) is 11.7 Å². The van der Waals surface area contributed by atoms with Crippen molar-refractivity contribution in [3.63, 3.8) is 0 Å². The zero-order valence-corrected chi connectivity index (χ0v) is 13.7. The Morgan fingerprint density at radius 2 is 1.69 bits per heavy atom. The first-order chi connectivity index (χ1) is 12.7. The molecule has 0 fully saturated rings. The van der Waals surface area contributed by atoms with Crippen LogP contribution in [0.5, 0.6) is 0 Å². The highest BCUT2D eigenvalue weighted by molar-refractivity contribution is 5.86. The summed E-state index contributed by atoms with van der Waals surface area (Å²) >= 11 is 0. The van der Waals surface area contributed by atoms with Crippen molar-refractivity contribution in [3.8, 4) is 11.4 Å². The van der Waals surface area contributed by atoms with Crippen molar-refractivity contribution >= 4 is 22.4 Å². The maximum Gasteiger partial charge on any atom is 0.269 e. The number of nitrogens with one attached hydrogen (secondary N) is 1. The fourth-order valence-corrected chi connectivity index (χ4v) is 3.52. The molecule has 1 aliphatic heterocycles. The molecule has 0 saturated carbocycles. The normalized spacial score (nSPS) is 15.2. The van der Waals surface area contributed by atoms with Crippen LogP contribution in [0.4, 0.5) is 11.4 Å². The summed E-state index contributed by atoms with van der Waals surface area (Å²) < 4.78 is 2.15. The lowest BCUT2D eigenvalue weighted by atomic mass is 10.1. The van der Waals surface area contributed by atoms with Gasteiger partial charge in [-0.15, -0.1) is 0 Å². The minimum Gasteiger partial charge on any atom is -0.361 e. The van der Waals surface area contributed by atoms with Crippen LogP contribution < -0.4 is 5.32 Å². The van der Waals surface area contributed by atoms with Crippen molar-refractivity contribution in [1.82, 2.24) is 9.55 Å². The average Bonchev–Trinajstić information content (AvgIpc) is 3.07. The standard InChI is InChI=1S/C20H14N4O2/c25-24(26)14-11-9-13(10-12-14)19-21-16-6-2-1-5-15(16)20-22-17-7-3-4-8-18(17)23(19)20/h1-12,19,21H/t19-/m0/s1. The van der Waals surface area contributed by atoms with Crippen LogP contribution in [0.3, 0.4) is 0 Å². The predicted octanol–water partition coefficient (Wildman–Crippen LogP) is 4.58. The van der Waals surface area contributed by atoms with Crippen LogP contribution in [0.25, 0.3) is 22.4 Å². The number of fused-ring (bicyclic) bond motifs is 5. The lowest BCUT2D eigenvalue weighted by molar-refractivity contribution is -0.384. The molecule has 0 saturated heterocycles. The van der Waals surface area contributed by atoms with E-state index in [4.69, 9.17) is 4.98 Å². The largest absolute Gasteiger partial charge is 0.361 e. The molecule has 0 unspecified atom stereocenters. The van der Waals surface area contributed by atoms with Gasteiger partial charge in [0, 0.05) is 23.4 Å². The topological polar surface area (TPSA) is 73.0 Å². The van der Waals surface area contributed by atoms with Crippen molar-refractivity contribution in [2.75, 3.05) is 5.32 Å². The number of anilines is 1. The monoisotopic (exact) mass is 342 g/mol. The molecule has 5 rings (SSSR count). The van der Waals surface area contributed by atoms with E-state index in [0.29, 0.717) is 0 Å². The third-order valence-corrected chi connectivity index (χ3v) is 4.73. The van der Waals surface area contributed by atoms with Crippen LogP contribution >= 0.6 is 0 Å². The number of imidazole rings is 1. The van der Waals surface area contributed by atoms with Gasteiger partial charge in [0.1, 0.15) is 12.0 Å². The van der Waals surface area contributed by atoms with E-state index in [9.17, 15) is 10.1 Å². The molecule has 0 spiro atoms. The number of hydrogen-bond acceptors (Lipinski definition) is 4. The number of nitrogens with zero attached hydrogens (tertiary/aromatic N) is 3. The van der Waals surface area contributed by atoms with Gasteiger partial charge < -0.3 is 5.32 Å². The Kier molecular flexibility index (Phi) is 3.05. The van der Waals surface area contributed by atoms with Gasteiger partial charge in [0.25, 0.3) is 5.69 Å². The fourth-order valence-electron chi connectivity index (χ4n) is 3.52. The lowest BCUT2D eigenvalue weighted by Crippen LogP contribution is -2.24. The second kappa shape index (κ2) is 5.42. The first-order valence-electron chi connectivity index (χ1n) is 8.29. The summed E-state index contributed by atoms with van der Waals surface area (Å²) in [6.45, 7) is 0. The fraction of sp³-hybridized carbons (Fsp3) is 0.0500. The Balaban J connectivity index is 1.74. The van der Waals surface area contributed by atoms with E-state index < -0.39 is 0 Å². The highest BCUT2D eigenvalue weighted by atomic mass is 16.6. The molecule has 1 aliphatic rings. The molecule has 1 N–H and O–H groups in total. The molecule has 126 valence electrons. The Labute approximate surface area is 148 Å². The summed E-state index contributed by atoms with van der Waals surface area (Å²) in [6.07, 6.45) is -0.187. The third kappa shape index (κ3) is 2.09. The van der Waals surface area contributed by atoms with Gasteiger partial charge in [-0.05, 0) is 42.0 Å². The molecule has 26 heavy (non-hydrogen) atoms. The summed E-state index contributed by atoms with van der Waals surface area (Å²) in [5.41, 5.74) is 5.01. The minimum absolute atomic E-state index is 0.0840. The Hall–Kier alpha value is -3.67. The quantitative estimate of drug-likeness (QED) is 0.427. The average molecular weight is 342 g/mol. The van der Waals surface area contributed by atoms with E-state index in [2.05, 4.69) is 9.88 Å². The first-order valence-corrected chi connectivity index (χ1v) is 8.29. The van der Waals surface area contributed by atoms with E-state index in [0.717, 1.165) is 33.7 Å². The molecule has 0 aliphatic carbocycles. The molecule has 6 heteroatoms. The molecular formula is C20H14N4O2. The van der Waals surface area contributed by atoms with Crippen molar-refractivity contribution in [2.24, 2.45) is 0 Å². The number of hydrogen-bond donors (Lipinski definition) is 1. The van der Waals surface area contributed by atoms with Crippen molar-refractivity contribution in [3.05, 3.63) is 88.5 Å². The van der Waals surface area contributed by atoms with Gasteiger partial charge in [0.05, 0.1) is 16.0 Å². The van der Waals surface area contributed by atoms with Crippen molar-refractivity contribution in [2.45, 2.75) is 6.17 Å². The summed E-state index contributed by atoms with van der Waals surface area (Å²) in [6, 6.07) is 22.7. The smallest absolute Gasteiger partial charge is 0.269 e. The minimum atomic E-state index is -0.384. The van der Waals surface area contributed by atoms with E-state index in [1.54, 1.807) is 12.1 Å². The van der Waals surface area contributed by atoms with E-state index in [1.807, 2.05) is 48.5 Å². The van der Waals surface area contributed by atoms with Crippen molar-refractivity contribution < 1.29 is 4.92 Å². The van der Waals surface area contributed by atoms with E-state index >= 15 is 0 Å². The van der Waals surface area contributed by atoms with Crippen molar-refractivity contribution in [1.29, 1.82) is 0 Å². The van der Waals surface area contributed by atoms with Gasteiger partial charge in [-0.2, -0.15) is 0 Å². The predicted molar refractivity (Wildman–Crippen MR) is 100 cm³/mol. The number of nitro groups is 1. The second-order valence-electron chi connectivity index (χ2n) is 6.24. The molecule has 0 radical (unpaired) electrons. The third-order valence-electron chi connectivity index (χ3n) is 4.73. The second-order valence-corrected chi connectivity index (χ2v) is 6.24. The molecule has 3 aromatic carbocycles. The number of para-hydroxylation sites is 3. The molecule has 1 aromatic heterocycles. The maximum absolute atomic E-state index is 11.0. The van der Waals surface area contributed by atoms with E-state index in [-0.39, 0.29) is 16.8 Å². The van der Waals surface area contributed by atoms with Gasteiger partial charge in [-0.3, -0.25) is 14.7 Å². The Morgan fingerprint density at radius 3 is 2.50 bits per heavy atom. The summed E-state index contributed by atoms with van der Waals surface area (Å²) in [7, 11) is 0.